The summed E-state index contributed by atoms with van der Waals surface area (Å²) in [7, 11) is -3.67. The Kier molecular flexibility index (Phi) is 5.61. The standard InChI is InChI=1S/C22H20N2O3S/c1-16-2-13-21(14-3-16)28(26,27)24-20-11-7-18(8-12-20)22(25)15-6-17-4-9-19(23)10-5-17/h2-15,24H,23H2,1H3/b15-6+. The van der Waals surface area contributed by atoms with Gasteiger partial charge in [0.2, 0.25) is 0 Å². The lowest BCUT2D eigenvalue weighted by atomic mass is 10.1. The van der Waals surface area contributed by atoms with Gasteiger partial charge in [-0.25, -0.2) is 8.42 Å². The van der Waals surface area contributed by atoms with Gasteiger partial charge in [0.05, 0.1) is 4.90 Å². The molecule has 0 atom stereocenters. The SMILES string of the molecule is Cc1ccc(S(=O)(=O)Nc2ccc(C(=O)/C=C/c3ccc(N)cc3)cc2)cc1. The van der Waals surface area contributed by atoms with Gasteiger partial charge in [-0.15, -0.1) is 0 Å². The van der Waals surface area contributed by atoms with Crippen molar-refractivity contribution in [1.29, 1.82) is 0 Å². The molecule has 0 spiro atoms. The molecule has 142 valence electrons. The molecule has 0 aliphatic heterocycles. The van der Waals surface area contributed by atoms with Gasteiger partial charge in [0, 0.05) is 16.9 Å². The molecule has 6 heteroatoms. The molecule has 3 aromatic rings. The van der Waals surface area contributed by atoms with Gasteiger partial charge in [0.15, 0.2) is 5.78 Å². The van der Waals surface area contributed by atoms with E-state index in [4.69, 9.17) is 5.73 Å². The van der Waals surface area contributed by atoms with Crippen molar-refractivity contribution < 1.29 is 13.2 Å². The van der Waals surface area contributed by atoms with Crippen LogP contribution in [0.5, 0.6) is 0 Å². The molecule has 0 amide bonds. The lowest BCUT2D eigenvalue weighted by Crippen LogP contribution is -2.13. The topological polar surface area (TPSA) is 89.3 Å². The van der Waals surface area contributed by atoms with Crippen LogP contribution in [0.3, 0.4) is 0 Å². The number of nitrogens with two attached hydrogens (primary N) is 1. The molecule has 3 rings (SSSR count). The van der Waals surface area contributed by atoms with Crippen LogP contribution < -0.4 is 10.5 Å². The zero-order valence-corrected chi connectivity index (χ0v) is 16.1. The first kappa shape index (κ1) is 19.4. The van der Waals surface area contributed by atoms with Crippen LogP contribution in [0.15, 0.2) is 83.8 Å². The van der Waals surface area contributed by atoms with Gasteiger partial charge in [0.25, 0.3) is 10.0 Å². The van der Waals surface area contributed by atoms with Gasteiger partial charge in [-0.2, -0.15) is 0 Å². The van der Waals surface area contributed by atoms with Crippen LogP contribution >= 0.6 is 0 Å². The lowest BCUT2D eigenvalue weighted by Gasteiger charge is -2.08. The Labute approximate surface area is 164 Å². The van der Waals surface area contributed by atoms with E-state index in [1.54, 1.807) is 66.7 Å². The highest BCUT2D eigenvalue weighted by Crippen LogP contribution is 2.18. The Morgan fingerprint density at radius 2 is 1.50 bits per heavy atom. The first-order chi connectivity index (χ1) is 13.3. The van der Waals surface area contributed by atoms with Crippen LogP contribution in [0, 0.1) is 6.92 Å². The van der Waals surface area contributed by atoms with E-state index in [2.05, 4.69) is 4.72 Å². The minimum atomic E-state index is -3.67. The van der Waals surface area contributed by atoms with Gasteiger partial charge in [-0.1, -0.05) is 35.9 Å². The Bertz CT molecular complexity index is 1100. The maximum Gasteiger partial charge on any atom is 0.261 e. The highest BCUT2D eigenvalue weighted by atomic mass is 32.2. The molecule has 0 unspecified atom stereocenters. The number of hydrogen-bond donors (Lipinski definition) is 2. The molecule has 0 aromatic heterocycles. The third-order valence-electron chi connectivity index (χ3n) is 4.12. The first-order valence-electron chi connectivity index (χ1n) is 8.61. The molecule has 3 N–H and O–H groups in total. The van der Waals surface area contributed by atoms with E-state index in [0.29, 0.717) is 16.9 Å². The van der Waals surface area contributed by atoms with Gasteiger partial charge in [0.1, 0.15) is 0 Å². The van der Waals surface area contributed by atoms with E-state index in [0.717, 1.165) is 11.1 Å². The van der Waals surface area contributed by atoms with E-state index < -0.39 is 10.0 Å². The minimum absolute atomic E-state index is 0.176. The molecular weight excluding hydrogens is 372 g/mol. The molecule has 0 radical (unpaired) electrons. The number of carbonyl (C=O) groups excluding carboxylic acids is 1. The fourth-order valence-electron chi connectivity index (χ4n) is 2.51. The number of benzene rings is 3. The normalized spacial score (nSPS) is 11.5. The molecule has 0 aliphatic carbocycles. The Morgan fingerprint density at radius 3 is 2.11 bits per heavy atom. The Hall–Kier alpha value is -3.38. The highest BCUT2D eigenvalue weighted by Gasteiger charge is 2.14. The molecule has 0 aliphatic rings. The van der Waals surface area contributed by atoms with Crippen molar-refractivity contribution in [2.75, 3.05) is 10.5 Å². The van der Waals surface area contributed by atoms with Gasteiger partial charge in [-0.05, 0) is 67.1 Å². The van der Waals surface area contributed by atoms with Crippen LogP contribution in [0.4, 0.5) is 11.4 Å². The summed E-state index contributed by atoms with van der Waals surface area (Å²) >= 11 is 0. The molecule has 3 aromatic carbocycles. The van der Waals surface area contributed by atoms with Gasteiger partial charge in [-0.3, -0.25) is 9.52 Å². The number of sulfonamides is 1. The Morgan fingerprint density at radius 1 is 0.893 bits per heavy atom. The minimum Gasteiger partial charge on any atom is -0.399 e. The van der Waals surface area contributed by atoms with E-state index >= 15 is 0 Å². The summed E-state index contributed by atoms with van der Waals surface area (Å²) in [6.45, 7) is 1.89. The maximum absolute atomic E-state index is 12.4. The van der Waals surface area contributed by atoms with E-state index in [9.17, 15) is 13.2 Å². The number of rotatable bonds is 6. The molecule has 5 nitrogen and oxygen atoms in total. The monoisotopic (exact) mass is 392 g/mol. The number of nitrogen functional groups attached to an aromatic ring is 1. The molecule has 0 bridgehead atoms. The van der Waals surface area contributed by atoms with Gasteiger partial charge >= 0.3 is 0 Å². The lowest BCUT2D eigenvalue weighted by molar-refractivity contribution is 0.104. The van der Waals surface area contributed by atoms with E-state index in [1.165, 1.54) is 6.08 Å². The highest BCUT2D eigenvalue weighted by molar-refractivity contribution is 7.92. The zero-order valence-electron chi connectivity index (χ0n) is 15.3. The second kappa shape index (κ2) is 8.10. The third kappa shape index (κ3) is 4.86. The number of anilines is 2. The van der Waals surface area contributed by atoms with Crippen molar-refractivity contribution in [1.82, 2.24) is 0 Å². The van der Waals surface area contributed by atoms with Crippen molar-refractivity contribution >= 4 is 33.3 Å². The Balaban J connectivity index is 1.69. The van der Waals surface area contributed by atoms with Crippen LogP contribution in [-0.4, -0.2) is 14.2 Å². The van der Waals surface area contributed by atoms with Crippen LogP contribution in [0.1, 0.15) is 21.5 Å². The fourth-order valence-corrected chi connectivity index (χ4v) is 3.57. The second-order valence-electron chi connectivity index (χ2n) is 6.36. The van der Waals surface area contributed by atoms with Gasteiger partial charge < -0.3 is 5.73 Å². The molecule has 0 heterocycles. The van der Waals surface area contributed by atoms with Crippen LogP contribution in [0.2, 0.25) is 0 Å². The molecular formula is C22H20N2O3S. The van der Waals surface area contributed by atoms with E-state index in [-0.39, 0.29) is 10.7 Å². The fraction of sp³-hybridized carbons (Fsp3) is 0.0455. The van der Waals surface area contributed by atoms with Crippen molar-refractivity contribution in [3.8, 4) is 0 Å². The van der Waals surface area contributed by atoms with Crippen molar-refractivity contribution in [3.63, 3.8) is 0 Å². The summed E-state index contributed by atoms with van der Waals surface area (Å²) in [5.74, 6) is -0.176. The number of nitrogens with one attached hydrogen (secondary N) is 1. The molecule has 0 fully saturated rings. The summed E-state index contributed by atoms with van der Waals surface area (Å²) < 4.78 is 27.3. The third-order valence-corrected chi connectivity index (χ3v) is 5.51. The average molecular weight is 392 g/mol. The average Bonchev–Trinajstić information content (AvgIpc) is 2.68. The number of aryl methyl sites for hydroxylation is 1. The number of carbonyl (C=O) groups is 1. The van der Waals surface area contributed by atoms with Crippen molar-refractivity contribution in [3.05, 3.63) is 95.6 Å². The quantitative estimate of drug-likeness (QED) is 0.372. The largest absolute Gasteiger partial charge is 0.399 e. The maximum atomic E-state index is 12.4. The van der Waals surface area contributed by atoms with Crippen molar-refractivity contribution in [2.45, 2.75) is 11.8 Å². The summed E-state index contributed by atoms with van der Waals surface area (Å²) in [6, 6.07) is 20.1. The predicted octanol–water partition coefficient (Wildman–Crippen LogP) is 4.27. The first-order valence-corrected chi connectivity index (χ1v) is 10.1. The van der Waals surface area contributed by atoms with E-state index in [1.807, 2.05) is 19.1 Å². The summed E-state index contributed by atoms with van der Waals surface area (Å²) in [5, 5.41) is 0. The summed E-state index contributed by atoms with van der Waals surface area (Å²) in [5.41, 5.74) is 8.99. The number of hydrogen-bond acceptors (Lipinski definition) is 4. The van der Waals surface area contributed by atoms with Crippen molar-refractivity contribution in [2.24, 2.45) is 0 Å². The molecule has 0 saturated carbocycles. The summed E-state index contributed by atoms with van der Waals surface area (Å²) in [4.78, 5) is 12.5. The predicted molar refractivity (Wildman–Crippen MR) is 113 cm³/mol. The second-order valence-corrected chi connectivity index (χ2v) is 8.04. The summed E-state index contributed by atoms with van der Waals surface area (Å²) in [6.07, 6.45) is 3.17. The number of ketones is 1. The number of allylic oxidation sites excluding steroid dienone is 1. The molecule has 28 heavy (non-hydrogen) atoms. The molecule has 0 saturated heterocycles. The zero-order chi connectivity index (χ0) is 20.1. The van der Waals surface area contributed by atoms with Crippen LogP contribution in [-0.2, 0) is 10.0 Å². The van der Waals surface area contributed by atoms with Crippen LogP contribution in [0.25, 0.3) is 6.08 Å². The smallest absolute Gasteiger partial charge is 0.261 e.